The number of halogens is 1. The van der Waals surface area contributed by atoms with Gasteiger partial charge < -0.3 is 24.8 Å². The Morgan fingerprint density at radius 3 is 2.84 bits per heavy atom. The van der Waals surface area contributed by atoms with E-state index in [9.17, 15) is 0 Å². The van der Waals surface area contributed by atoms with Gasteiger partial charge in [-0.25, -0.2) is 4.99 Å². The first-order valence-corrected chi connectivity index (χ1v) is 11.5. The van der Waals surface area contributed by atoms with E-state index in [-0.39, 0.29) is 29.4 Å². The van der Waals surface area contributed by atoms with E-state index < -0.39 is 0 Å². The highest BCUT2D eigenvalue weighted by atomic mass is 127. The molecule has 0 spiro atoms. The molecule has 4 atom stereocenters. The van der Waals surface area contributed by atoms with Crippen LogP contribution in [0, 0.1) is 24.2 Å². The van der Waals surface area contributed by atoms with Gasteiger partial charge in [0.1, 0.15) is 5.75 Å². The van der Waals surface area contributed by atoms with Crippen molar-refractivity contribution in [3.63, 3.8) is 0 Å². The molecule has 4 unspecified atom stereocenters. The Kier molecular flexibility index (Phi) is 8.49. The summed E-state index contributed by atoms with van der Waals surface area (Å²) < 4.78 is 17.6. The van der Waals surface area contributed by atoms with Crippen molar-refractivity contribution in [2.75, 3.05) is 33.0 Å². The molecule has 2 N–H and O–H groups in total. The van der Waals surface area contributed by atoms with Crippen LogP contribution >= 0.6 is 24.0 Å². The van der Waals surface area contributed by atoms with Crippen molar-refractivity contribution in [1.29, 1.82) is 0 Å². The first-order valence-electron chi connectivity index (χ1n) is 11.5. The highest BCUT2D eigenvalue weighted by Gasteiger charge is 2.59. The standard InChI is InChI=1S/C24H37N3O3.HI/c1-5-25-23(27-21-19-9-11-29-22(19)24(21,3)4)26-13-18-7-6-16(2)12-20(18)30-15-17-8-10-28-14-17;/h6-7,12,17,19,21-22H,5,8-11,13-15H2,1-4H3,(H2,25,26,27);1H. The van der Waals surface area contributed by atoms with E-state index in [4.69, 9.17) is 19.2 Å². The Bertz CT molecular complexity index is 764. The summed E-state index contributed by atoms with van der Waals surface area (Å²) in [4.78, 5) is 4.90. The number of aryl methyl sites for hydroxylation is 1. The van der Waals surface area contributed by atoms with Crippen molar-refractivity contribution in [2.24, 2.45) is 22.2 Å². The van der Waals surface area contributed by atoms with E-state index in [1.54, 1.807) is 0 Å². The zero-order chi connectivity index (χ0) is 21.1. The molecule has 3 aliphatic rings. The van der Waals surface area contributed by atoms with Crippen LogP contribution in [-0.4, -0.2) is 51.1 Å². The van der Waals surface area contributed by atoms with Crippen molar-refractivity contribution in [1.82, 2.24) is 10.6 Å². The number of rotatable bonds is 7. The van der Waals surface area contributed by atoms with Crippen LogP contribution in [0.2, 0.25) is 0 Å². The lowest BCUT2D eigenvalue weighted by Crippen LogP contribution is -2.67. The second-order valence-electron chi connectivity index (χ2n) is 9.53. The molecule has 0 amide bonds. The molecule has 6 nitrogen and oxygen atoms in total. The van der Waals surface area contributed by atoms with Gasteiger partial charge in [-0.2, -0.15) is 0 Å². The molecule has 0 bridgehead atoms. The zero-order valence-electron chi connectivity index (χ0n) is 19.3. The van der Waals surface area contributed by atoms with Gasteiger partial charge in [-0.1, -0.05) is 26.0 Å². The van der Waals surface area contributed by atoms with E-state index in [1.807, 2.05) is 0 Å². The highest BCUT2D eigenvalue weighted by molar-refractivity contribution is 14.0. The lowest BCUT2D eigenvalue weighted by molar-refractivity contribution is -0.106. The van der Waals surface area contributed by atoms with Gasteiger partial charge in [-0.3, -0.25) is 0 Å². The molecule has 2 saturated heterocycles. The number of fused-ring (bicyclic) bond motifs is 1. The number of nitrogens with one attached hydrogen (secondary N) is 2. The molecule has 2 heterocycles. The Morgan fingerprint density at radius 1 is 1.26 bits per heavy atom. The molecule has 1 saturated carbocycles. The minimum Gasteiger partial charge on any atom is -0.493 e. The van der Waals surface area contributed by atoms with Crippen LogP contribution in [0.15, 0.2) is 23.2 Å². The molecular weight excluding hydrogens is 505 g/mol. The Morgan fingerprint density at radius 2 is 2.10 bits per heavy atom. The normalized spacial score (nSPS) is 29.0. The number of benzene rings is 1. The maximum atomic E-state index is 6.19. The maximum Gasteiger partial charge on any atom is 0.191 e. The third-order valence-corrected chi connectivity index (χ3v) is 6.87. The average Bonchev–Trinajstić information content (AvgIpc) is 3.40. The molecule has 2 aliphatic heterocycles. The third-order valence-electron chi connectivity index (χ3n) is 6.87. The van der Waals surface area contributed by atoms with Crippen LogP contribution in [0.4, 0.5) is 0 Å². The smallest absolute Gasteiger partial charge is 0.191 e. The van der Waals surface area contributed by atoms with Crippen LogP contribution in [-0.2, 0) is 16.0 Å². The van der Waals surface area contributed by atoms with Gasteiger partial charge in [-0.05, 0) is 38.3 Å². The van der Waals surface area contributed by atoms with Crippen LogP contribution in [0.3, 0.4) is 0 Å². The van der Waals surface area contributed by atoms with E-state index in [2.05, 4.69) is 56.5 Å². The number of hydrogen-bond donors (Lipinski definition) is 2. The summed E-state index contributed by atoms with van der Waals surface area (Å²) >= 11 is 0. The van der Waals surface area contributed by atoms with E-state index in [0.717, 1.165) is 56.5 Å². The van der Waals surface area contributed by atoms with Gasteiger partial charge in [0, 0.05) is 48.6 Å². The Balaban J connectivity index is 0.00000272. The Hall–Kier alpha value is -1.06. The van der Waals surface area contributed by atoms with Gasteiger partial charge >= 0.3 is 0 Å². The van der Waals surface area contributed by atoms with E-state index >= 15 is 0 Å². The first-order chi connectivity index (χ1) is 14.5. The van der Waals surface area contributed by atoms with Crippen LogP contribution in [0.1, 0.15) is 44.7 Å². The largest absolute Gasteiger partial charge is 0.493 e. The second kappa shape index (κ2) is 10.7. The second-order valence-corrected chi connectivity index (χ2v) is 9.53. The predicted octanol–water partition coefficient (Wildman–Crippen LogP) is 3.90. The summed E-state index contributed by atoms with van der Waals surface area (Å²) in [6.07, 6.45) is 2.58. The predicted molar refractivity (Wildman–Crippen MR) is 134 cm³/mol. The summed E-state index contributed by atoms with van der Waals surface area (Å²) in [5.41, 5.74) is 2.44. The number of nitrogens with zero attached hydrogens (tertiary/aromatic N) is 1. The molecule has 0 aromatic heterocycles. The van der Waals surface area contributed by atoms with Crippen molar-refractivity contribution in [2.45, 2.75) is 59.2 Å². The summed E-state index contributed by atoms with van der Waals surface area (Å²) in [6, 6.07) is 6.78. The van der Waals surface area contributed by atoms with Crippen LogP contribution < -0.4 is 15.4 Å². The lowest BCUT2D eigenvalue weighted by atomic mass is 9.57. The highest BCUT2D eigenvalue weighted by Crippen LogP contribution is 2.52. The monoisotopic (exact) mass is 543 g/mol. The van der Waals surface area contributed by atoms with Crippen molar-refractivity contribution < 1.29 is 14.2 Å². The topological polar surface area (TPSA) is 64.1 Å². The molecule has 31 heavy (non-hydrogen) atoms. The van der Waals surface area contributed by atoms with Crippen molar-refractivity contribution in [3.8, 4) is 5.75 Å². The quantitative estimate of drug-likeness (QED) is 0.311. The van der Waals surface area contributed by atoms with Gasteiger partial charge in [0.15, 0.2) is 5.96 Å². The fourth-order valence-corrected chi connectivity index (χ4v) is 5.10. The number of ether oxygens (including phenoxy) is 3. The molecular formula is C24H38IN3O3. The maximum absolute atomic E-state index is 6.19. The lowest BCUT2D eigenvalue weighted by Gasteiger charge is -2.54. The summed E-state index contributed by atoms with van der Waals surface area (Å²) in [7, 11) is 0. The molecule has 0 radical (unpaired) electrons. The van der Waals surface area contributed by atoms with Crippen molar-refractivity contribution >= 4 is 29.9 Å². The minimum absolute atomic E-state index is 0. The van der Waals surface area contributed by atoms with E-state index in [0.29, 0.717) is 37.1 Å². The molecule has 1 aromatic carbocycles. The summed E-state index contributed by atoms with van der Waals surface area (Å²) in [6.45, 7) is 13.4. The summed E-state index contributed by atoms with van der Waals surface area (Å²) in [5, 5.41) is 7.11. The molecule has 1 aromatic rings. The zero-order valence-corrected chi connectivity index (χ0v) is 21.6. The minimum atomic E-state index is 0. The van der Waals surface area contributed by atoms with Crippen molar-refractivity contribution in [3.05, 3.63) is 29.3 Å². The Labute approximate surface area is 203 Å². The molecule has 174 valence electrons. The number of hydrogen-bond acceptors (Lipinski definition) is 4. The molecule has 1 aliphatic carbocycles. The fraction of sp³-hybridized carbons (Fsp3) is 0.708. The SMILES string of the molecule is CCNC(=NCc1ccc(C)cc1OCC1CCOC1)NC1C2CCOC2C1(C)C.I. The fourth-order valence-electron chi connectivity index (χ4n) is 5.10. The van der Waals surface area contributed by atoms with Gasteiger partial charge in [0.05, 0.1) is 25.9 Å². The third kappa shape index (κ3) is 5.47. The molecule has 3 fully saturated rings. The van der Waals surface area contributed by atoms with Gasteiger partial charge in [0.2, 0.25) is 0 Å². The number of guanidine groups is 1. The average molecular weight is 543 g/mol. The summed E-state index contributed by atoms with van der Waals surface area (Å²) in [5.74, 6) is 2.88. The van der Waals surface area contributed by atoms with Gasteiger partial charge in [-0.15, -0.1) is 24.0 Å². The van der Waals surface area contributed by atoms with Gasteiger partial charge in [0.25, 0.3) is 0 Å². The van der Waals surface area contributed by atoms with Crippen LogP contribution in [0.5, 0.6) is 5.75 Å². The van der Waals surface area contributed by atoms with E-state index in [1.165, 1.54) is 5.56 Å². The first kappa shape index (κ1) is 24.6. The molecule has 4 rings (SSSR count). The van der Waals surface area contributed by atoms with Crippen LogP contribution in [0.25, 0.3) is 0 Å². The molecule has 7 heteroatoms. The number of aliphatic imine (C=N–C) groups is 1.